The summed E-state index contributed by atoms with van der Waals surface area (Å²) in [5.74, 6) is -0.404. The molecule has 1 unspecified atom stereocenters. The highest BCUT2D eigenvalue weighted by atomic mass is 35.5. The van der Waals surface area contributed by atoms with E-state index >= 15 is 0 Å². The Kier molecular flexibility index (Phi) is 4.11. The molecule has 1 N–H and O–H groups in total. The normalized spacial score (nSPS) is 12.3. The highest BCUT2D eigenvalue weighted by molar-refractivity contribution is 6.30. The van der Waals surface area contributed by atoms with Crippen LogP contribution in [0.4, 0.5) is 10.1 Å². The van der Waals surface area contributed by atoms with Gasteiger partial charge in [-0.2, -0.15) is 0 Å². The van der Waals surface area contributed by atoms with E-state index in [-0.39, 0.29) is 11.1 Å². The smallest absolute Gasteiger partial charge is 0.143 e. The summed E-state index contributed by atoms with van der Waals surface area (Å²) in [4.78, 5) is 0. The van der Waals surface area contributed by atoms with Crippen molar-refractivity contribution in [2.45, 2.75) is 26.8 Å². The second-order valence-electron chi connectivity index (χ2n) is 4.84. The van der Waals surface area contributed by atoms with Crippen molar-refractivity contribution in [2.24, 2.45) is 0 Å². The van der Waals surface area contributed by atoms with Gasteiger partial charge in [-0.15, -0.1) is 0 Å². The topological polar surface area (TPSA) is 12.0 Å². The molecule has 0 aliphatic rings. The molecule has 0 aliphatic carbocycles. The molecule has 100 valence electrons. The Hall–Kier alpha value is -1.54. The van der Waals surface area contributed by atoms with Crippen LogP contribution in [0.1, 0.15) is 29.7 Å². The van der Waals surface area contributed by atoms with Crippen molar-refractivity contribution in [1.29, 1.82) is 0 Å². The molecule has 0 bridgehead atoms. The molecule has 0 spiro atoms. The van der Waals surface area contributed by atoms with Crippen molar-refractivity contribution in [3.05, 3.63) is 63.9 Å². The zero-order valence-electron chi connectivity index (χ0n) is 11.3. The zero-order chi connectivity index (χ0) is 14.0. The Morgan fingerprint density at radius 3 is 2.42 bits per heavy atom. The van der Waals surface area contributed by atoms with Gasteiger partial charge in [0, 0.05) is 11.7 Å². The van der Waals surface area contributed by atoms with Crippen LogP contribution in [0.2, 0.25) is 5.02 Å². The fourth-order valence-corrected chi connectivity index (χ4v) is 2.07. The SMILES string of the molecule is Cc1ccc(C(C)Nc2ccc(Cl)c(F)c2)cc1C. The highest BCUT2D eigenvalue weighted by Crippen LogP contribution is 2.24. The first-order valence-corrected chi connectivity index (χ1v) is 6.64. The minimum Gasteiger partial charge on any atom is -0.378 e. The molecule has 0 fully saturated rings. The van der Waals surface area contributed by atoms with Gasteiger partial charge < -0.3 is 5.32 Å². The summed E-state index contributed by atoms with van der Waals surface area (Å²) in [6.45, 7) is 6.23. The summed E-state index contributed by atoms with van der Waals surface area (Å²) in [7, 11) is 0. The van der Waals surface area contributed by atoms with Crippen molar-refractivity contribution < 1.29 is 4.39 Å². The molecule has 3 heteroatoms. The van der Waals surface area contributed by atoms with Gasteiger partial charge in [-0.3, -0.25) is 0 Å². The molecule has 1 atom stereocenters. The summed E-state index contributed by atoms with van der Waals surface area (Å²) < 4.78 is 13.4. The van der Waals surface area contributed by atoms with E-state index in [9.17, 15) is 4.39 Å². The van der Waals surface area contributed by atoms with E-state index in [0.29, 0.717) is 0 Å². The van der Waals surface area contributed by atoms with Crippen molar-refractivity contribution >= 4 is 17.3 Å². The maximum absolute atomic E-state index is 13.4. The molecule has 0 heterocycles. The lowest BCUT2D eigenvalue weighted by Crippen LogP contribution is -2.07. The van der Waals surface area contributed by atoms with Gasteiger partial charge in [-0.05, 0) is 55.7 Å². The van der Waals surface area contributed by atoms with Crippen LogP contribution in [0.25, 0.3) is 0 Å². The van der Waals surface area contributed by atoms with Crippen LogP contribution in [0.5, 0.6) is 0 Å². The van der Waals surface area contributed by atoms with Crippen LogP contribution in [-0.2, 0) is 0 Å². The van der Waals surface area contributed by atoms with E-state index in [2.05, 4.69) is 44.3 Å². The van der Waals surface area contributed by atoms with Gasteiger partial charge >= 0.3 is 0 Å². The third kappa shape index (κ3) is 3.27. The molecule has 0 amide bonds. The molecule has 2 aromatic carbocycles. The minimum atomic E-state index is -0.404. The predicted octanol–water partition coefficient (Wildman–Crippen LogP) is 5.27. The fraction of sp³-hybridized carbons (Fsp3) is 0.250. The molecule has 0 saturated carbocycles. The molecule has 19 heavy (non-hydrogen) atoms. The molecule has 2 rings (SSSR count). The number of halogens is 2. The van der Waals surface area contributed by atoms with Crippen LogP contribution in [0, 0.1) is 19.7 Å². The van der Waals surface area contributed by atoms with Crippen LogP contribution in [0.15, 0.2) is 36.4 Å². The van der Waals surface area contributed by atoms with E-state index in [1.54, 1.807) is 12.1 Å². The Labute approximate surface area is 118 Å². The van der Waals surface area contributed by atoms with Gasteiger partial charge in [0.25, 0.3) is 0 Å². The van der Waals surface area contributed by atoms with E-state index in [0.717, 1.165) is 5.69 Å². The van der Waals surface area contributed by atoms with E-state index < -0.39 is 5.82 Å². The molecular weight excluding hydrogens is 261 g/mol. The summed E-state index contributed by atoms with van der Waals surface area (Å²) in [5.41, 5.74) is 4.44. The van der Waals surface area contributed by atoms with Crippen molar-refractivity contribution in [2.75, 3.05) is 5.32 Å². The van der Waals surface area contributed by atoms with Gasteiger partial charge in [-0.1, -0.05) is 29.8 Å². The van der Waals surface area contributed by atoms with E-state index in [4.69, 9.17) is 11.6 Å². The van der Waals surface area contributed by atoms with Crippen LogP contribution in [-0.4, -0.2) is 0 Å². The van der Waals surface area contributed by atoms with Gasteiger partial charge in [-0.25, -0.2) is 4.39 Å². The quantitative estimate of drug-likeness (QED) is 0.806. The predicted molar refractivity (Wildman–Crippen MR) is 79.4 cm³/mol. The van der Waals surface area contributed by atoms with Crippen LogP contribution in [0.3, 0.4) is 0 Å². The van der Waals surface area contributed by atoms with Crippen LogP contribution < -0.4 is 5.32 Å². The van der Waals surface area contributed by atoms with Gasteiger partial charge in [0.1, 0.15) is 5.82 Å². The first-order chi connectivity index (χ1) is 8.97. The number of aryl methyl sites for hydroxylation is 2. The van der Waals surface area contributed by atoms with E-state index in [1.807, 2.05) is 0 Å². The number of nitrogens with one attached hydrogen (secondary N) is 1. The average molecular weight is 278 g/mol. The first kappa shape index (κ1) is 13.9. The summed E-state index contributed by atoms with van der Waals surface area (Å²) in [6.07, 6.45) is 0. The number of hydrogen-bond donors (Lipinski definition) is 1. The number of rotatable bonds is 3. The van der Waals surface area contributed by atoms with Crippen molar-refractivity contribution in [3.8, 4) is 0 Å². The standard InChI is InChI=1S/C16H17ClFN/c1-10-4-5-13(8-11(10)2)12(3)19-14-6-7-15(17)16(18)9-14/h4-9,12,19H,1-3H3. The monoisotopic (exact) mass is 277 g/mol. The molecule has 0 saturated heterocycles. The number of hydrogen-bond acceptors (Lipinski definition) is 1. The first-order valence-electron chi connectivity index (χ1n) is 6.26. The lowest BCUT2D eigenvalue weighted by molar-refractivity contribution is 0.628. The second kappa shape index (κ2) is 5.62. The van der Waals surface area contributed by atoms with Gasteiger partial charge in [0.15, 0.2) is 0 Å². The molecule has 2 aromatic rings. The Morgan fingerprint density at radius 1 is 1.05 bits per heavy atom. The van der Waals surface area contributed by atoms with Crippen LogP contribution >= 0.6 is 11.6 Å². The third-order valence-electron chi connectivity index (χ3n) is 3.33. The summed E-state index contributed by atoms with van der Waals surface area (Å²) >= 11 is 5.67. The largest absolute Gasteiger partial charge is 0.378 e. The number of benzene rings is 2. The van der Waals surface area contributed by atoms with Crippen molar-refractivity contribution in [1.82, 2.24) is 0 Å². The Morgan fingerprint density at radius 2 is 1.79 bits per heavy atom. The maximum atomic E-state index is 13.4. The van der Waals surface area contributed by atoms with E-state index in [1.165, 1.54) is 22.8 Å². The zero-order valence-corrected chi connectivity index (χ0v) is 12.1. The molecule has 1 nitrogen and oxygen atoms in total. The lowest BCUT2D eigenvalue weighted by atomic mass is 10.0. The van der Waals surface area contributed by atoms with Crippen molar-refractivity contribution in [3.63, 3.8) is 0 Å². The summed E-state index contributed by atoms with van der Waals surface area (Å²) in [5, 5.41) is 3.42. The average Bonchev–Trinajstić information content (AvgIpc) is 2.37. The number of anilines is 1. The van der Waals surface area contributed by atoms with Gasteiger partial charge in [0.2, 0.25) is 0 Å². The molecule has 0 radical (unpaired) electrons. The Balaban J connectivity index is 2.17. The molecule has 0 aromatic heterocycles. The van der Waals surface area contributed by atoms with Gasteiger partial charge in [0.05, 0.1) is 5.02 Å². The lowest BCUT2D eigenvalue weighted by Gasteiger charge is -2.17. The Bertz CT molecular complexity index is 595. The second-order valence-corrected chi connectivity index (χ2v) is 5.25. The fourth-order valence-electron chi connectivity index (χ4n) is 1.95. The highest BCUT2D eigenvalue weighted by Gasteiger charge is 2.08. The third-order valence-corrected chi connectivity index (χ3v) is 3.64. The molecular formula is C16H17ClFN. The maximum Gasteiger partial charge on any atom is 0.143 e. The molecule has 0 aliphatic heterocycles. The summed E-state index contributed by atoms with van der Waals surface area (Å²) in [6, 6.07) is 11.2. The minimum absolute atomic E-state index is 0.111.